The average molecular weight is 199 g/mol. The molecule has 0 bridgehead atoms. The third-order valence-corrected chi connectivity index (χ3v) is 2.82. The van der Waals surface area contributed by atoms with E-state index >= 15 is 0 Å². The van der Waals surface area contributed by atoms with Crippen molar-refractivity contribution in [3.05, 3.63) is 0 Å². The molecule has 0 unspecified atom stereocenters. The lowest BCUT2D eigenvalue weighted by Gasteiger charge is -2.25. The van der Waals surface area contributed by atoms with Gasteiger partial charge in [-0.2, -0.15) is 0 Å². The van der Waals surface area contributed by atoms with Crippen LogP contribution >= 0.6 is 0 Å². The van der Waals surface area contributed by atoms with Gasteiger partial charge >= 0.3 is 0 Å². The van der Waals surface area contributed by atoms with E-state index in [-0.39, 0.29) is 11.8 Å². The Balaban J connectivity index is 2.17. The number of amides is 1. The summed E-state index contributed by atoms with van der Waals surface area (Å²) in [6.07, 6.45) is 4.70. The van der Waals surface area contributed by atoms with Gasteiger partial charge in [-0.3, -0.25) is 4.79 Å². The van der Waals surface area contributed by atoms with Crippen LogP contribution in [-0.4, -0.2) is 25.0 Å². The molecule has 1 aliphatic rings. The molecule has 0 aromatic rings. The van der Waals surface area contributed by atoms with Gasteiger partial charge in [0.2, 0.25) is 5.91 Å². The molecular weight excluding hydrogens is 178 g/mol. The van der Waals surface area contributed by atoms with Gasteiger partial charge in [-0.25, -0.2) is 0 Å². The maximum absolute atomic E-state index is 11.6. The lowest BCUT2D eigenvalue weighted by Crippen LogP contribution is -2.36. The topological polar surface area (TPSA) is 81.1 Å². The van der Waals surface area contributed by atoms with Crippen molar-refractivity contribution in [2.75, 3.05) is 13.1 Å². The van der Waals surface area contributed by atoms with Gasteiger partial charge in [0.05, 0.1) is 0 Å². The summed E-state index contributed by atoms with van der Waals surface area (Å²) in [6, 6.07) is 0.308. The van der Waals surface area contributed by atoms with Crippen molar-refractivity contribution in [3.8, 4) is 0 Å². The number of nitrogens with two attached hydrogens (primary N) is 2. The van der Waals surface area contributed by atoms with Crippen molar-refractivity contribution in [2.45, 2.75) is 38.1 Å². The second-order valence-electron chi connectivity index (χ2n) is 4.04. The van der Waals surface area contributed by atoms with E-state index in [9.17, 15) is 4.79 Å². The highest BCUT2D eigenvalue weighted by atomic mass is 16.1. The van der Waals surface area contributed by atoms with Crippen molar-refractivity contribution < 1.29 is 4.79 Å². The zero-order valence-electron chi connectivity index (χ0n) is 8.67. The fraction of sp³-hybridized carbons (Fsp3) is 0.900. The fourth-order valence-electron chi connectivity index (χ4n) is 1.84. The van der Waals surface area contributed by atoms with Gasteiger partial charge in [0.1, 0.15) is 0 Å². The summed E-state index contributed by atoms with van der Waals surface area (Å²) < 4.78 is 0. The number of carbonyl (C=O) groups is 1. The highest BCUT2D eigenvalue weighted by Gasteiger charge is 2.23. The maximum Gasteiger partial charge on any atom is 0.223 e. The summed E-state index contributed by atoms with van der Waals surface area (Å²) in [5.41, 5.74) is 11.1. The largest absolute Gasteiger partial charge is 0.356 e. The second-order valence-corrected chi connectivity index (χ2v) is 4.04. The molecule has 5 N–H and O–H groups in total. The summed E-state index contributed by atoms with van der Waals surface area (Å²) in [5.74, 6) is 0.373. The quantitative estimate of drug-likeness (QED) is 0.556. The van der Waals surface area contributed by atoms with Gasteiger partial charge in [-0.1, -0.05) is 0 Å². The van der Waals surface area contributed by atoms with Crippen LogP contribution in [0.4, 0.5) is 0 Å². The molecule has 4 heteroatoms. The van der Waals surface area contributed by atoms with E-state index in [2.05, 4.69) is 5.32 Å². The molecule has 0 spiro atoms. The maximum atomic E-state index is 11.6. The summed E-state index contributed by atoms with van der Waals surface area (Å²) >= 11 is 0. The molecule has 0 aromatic heterocycles. The number of nitrogens with one attached hydrogen (secondary N) is 1. The first-order valence-electron chi connectivity index (χ1n) is 5.47. The Morgan fingerprint density at radius 2 is 1.93 bits per heavy atom. The molecular formula is C10H21N3O. The van der Waals surface area contributed by atoms with Crippen LogP contribution in [0.15, 0.2) is 0 Å². The van der Waals surface area contributed by atoms with Gasteiger partial charge in [0.15, 0.2) is 0 Å². The Hall–Kier alpha value is -0.610. The summed E-state index contributed by atoms with van der Waals surface area (Å²) in [4.78, 5) is 11.6. The zero-order chi connectivity index (χ0) is 10.4. The second kappa shape index (κ2) is 5.98. The predicted octanol–water partition coefficient (Wildman–Crippen LogP) is -0.0311. The van der Waals surface area contributed by atoms with E-state index in [1.54, 1.807) is 0 Å². The first-order chi connectivity index (χ1) is 6.74. The smallest absolute Gasteiger partial charge is 0.223 e. The lowest BCUT2D eigenvalue weighted by atomic mass is 9.86. The summed E-state index contributed by atoms with van der Waals surface area (Å²) in [7, 11) is 0. The van der Waals surface area contributed by atoms with E-state index in [0.29, 0.717) is 19.1 Å². The van der Waals surface area contributed by atoms with Gasteiger partial charge in [-0.05, 0) is 38.6 Å². The minimum atomic E-state index is 0.186. The molecule has 14 heavy (non-hydrogen) atoms. The molecule has 1 rings (SSSR count). The van der Waals surface area contributed by atoms with Crippen LogP contribution in [0.3, 0.4) is 0 Å². The third kappa shape index (κ3) is 3.64. The highest BCUT2D eigenvalue weighted by molar-refractivity contribution is 5.78. The average Bonchev–Trinajstić information content (AvgIpc) is 2.19. The standard InChI is InChI=1S/C10H21N3O/c11-6-1-7-13-10(14)8-2-4-9(12)5-3-8/h8-9H,1-7,11-12H2,(H,13,14). The van der Waals surface area contributed by atoms with Crippen LogP contribution in [-0.2, 0) is 4.79 Å². The normalized spacial score (nSPS) is 27.3. The van der Waals surface area contributed by atoms with E-state index < -0.39 is 0 Å². The van der Waals surface area contributed by atoms with Crippen LogP contribution in [0.1, 0.15) is 32.1 Å². The summed E-state index contributed by atoms with van der Waals surface area (Å²) in [6.45, 7) is 1.34. The van der Waals surface area contributed by atoms with Crippen molar-refractivity contribution in [1.29, 1.82) is 0 Å². The van der Waals surface area contributed by atoms with Crippen molar-refractivity contribution in [2.24, 2.45) is 17.4 Å². The van der Waals surface area contributed by atoms with Crippen LogP contribution < -0.4 is 16.8 Å². The number of hydrogen-bond acceptors (Lipinski definition) is 3. The van der Waals surface area contributed by atoms with Crippen LogP contribution in [0.5, 0.6) is 0 Å². The molecule has 0 aliphatic heterocycles. The van der Waals surface area contributed by atoms with Crippen LogP contribution in [0.25, 0.3) is 0 Å². The molecule has 0 atom stereocenters. The first kappa shape index (κ1) is 11.5. The highest BCUT2D eigenvalue weighted by Crippen LogP contribution is 2.22. The molecule has 1 fully saturated rings. The predicted molar refractivity (Wildman–Crippen MR) is 56.6 cm³/mol. The van der Waals surface area contributed by atoms with Gasteiger partial charge in [0.25, 0.3) is 0 Å². The molecule has 0 heterocycles. The molecule has 4 nitrogen and oxygen atoms in total. The van der Waals surface area contributed by atoms with Gasteiger partial charge < -0.3 is 16.8 Å². The SMILES string of the molecule is NCCCNC(=O)C1CCC(N)CC1. The van der Waals surface area contributed by atoms with Crippen LogP contribution in [0.2, 0.25) is 0 Å². The summed E-state index contributed by atoms with van der Waals surface area (Å²) in [5, 5.41) is 2.91. The Bertz CT molecular complexity index is 176. The van der Waals surface area contributed by atoms with E-state index in [4.69, 9.17) is 11.5 Å². The first-order valence-corrected chi connectivity index (χ1v) is 5.47. The molecule has 1 amide bonds. The van der Waals surface area contributed by atoms with Gasteiger partial charge in [-0.15, -0.1) is 0 Å². The molecule has 1 saturated carbocycles. The molecule has 0 saturated heterocycles. The molecule has 0 aromatic carbocycles. The van der Waals surface area contributed by atoms with Crippen molar-refractivity contribution in [1.82, 2.24) is 5.32 Å². The minimum Gasteiger partial charge on any atom is -0.356 e. The van der Waals surface area contributed by atoms with Crippen molar-refractivity contribution in [3.63, 3.8) is 0 Å². The van der Waals surface area contributed by atoms with E-state index in [0.717, 1.165) is 32.1 Å². The lowest BCUT2D eigenvalue weighted by molar-refractivity contribution is -0.125. The Morgan fingerprint density at radius 3 is 2.50 bits per heavy atom. The van der Waals surface area contributed by atoms with Crippen molar-refractivity contribution >= 4 is 5.91 Å². The number of rotatable bonds is 4. The van der Waals surface area contributed by atoms with E-state index in [1.165, 1.54) is 0 Å². The van der Waals surface area contributed by atoms with Crippen LogP contribution in [0, 0.1) is 5.92 Å². The monoisotopic (exact) mass is 199 g/mol. The molecule has 1 aliphatic carbocycles. The Kier molecular flexibility index (Phi) is 4.90. The molecule has 0 radical (unpaired) electrons. The van der Waals surface area contributed by atoms with E-state index in [1.807, 2.05) is 0 Å². The number of hydrogen-bond donors (Lipinski definition) is 3. The Labute approximate surface area is 85.4 Å². The fourth-order valence-corrected chi connectivity index (χ4v) is 1.84. The zero-order valence-corrected chi connectivity index (χ0v) is 8.67. The number of carbonyl (C=O) groups excluding carboxylic acids is 1. The Morgan fingerprint density at radius 1 is 1.29 bits per heavy atom. The van der Waals surface area contributed by atoms with Gasteiger partial charge in [0, 0.05) is 18.5 Å². The molecule has 82 valence electrons. The third-order valence-electron chi connectivity index (χ3n) is 2.82. The minimum absolute atomic E-state index is 0.186.